The van der Waals surface area contributed by atoms with Gasteiger partial charge in [0.25, 0.3) is 5.56 Å². The summed E-state index contributed by atoms with van der Waals surface area (Å²) in [4.78, 5) is 36.6. The van der Waals surface area contributed by atoms with Crippen LogP contribution in [0, 0.1) is 5.82 Å². The summed E-state index contributed by atoms with van der Waals surface area (Å²) < 4.78 is 54.0. The molecule has 1 aromatic heterocycles. The summed E-state index contributed by atoms with van der Waals surface area (Å²) in [5.74, 6) is -3.65. The van der Waals surface area contributed by atoms with Crippen molar-refractivity contribution in [1.29, 1.82) is 0 Å². The second-order valence-corrected chi connectivity index (χ2v) is 7.99. The van der Waals surface area contributed by atoms with Crippen molar-refractivity contribution in [3.8, 4) is 5.75 Å². The molecule has 0 aliphatic rings. The number of aromatic nitrogens is 1. The first-order chi connectivity index (χ1) is 16.9. The van der Waals surface area contributed by atoms with Crippen LogP contribution in [0.4, 0.5) is 28.0 Å². The molecule has 4 N–H and O–H groups in total. The predicted molar refractivity (Wildman–Crippen MR) is 121 cm³/mol. The second-order valence-electron chi connectivity index (χ2n) is 7.59. The zero-order valence-corrected chi connectivity index (χ0v) is 18.9. The fraction of sp³-hybridized carbons (Fsp3) is 0.174. The van der Waals surface area contributed by atoms with Gasteiger partial charge in [0.05, 0.1) is 24.6 Å². The molecule has 2 amide bonds. The molecule has 0 aliphatic carbocycles. The molecule has 0 saturated heterocycles. The minimum absolute atomic E-state index is 0.00742. The number of benzene rings is 2. The number of rotatable bonds is 7. The van der Waals surface area contributed by atoms with Gasteiger partial charge in [-0.1, -0.05) is 35.9 Å². The van der Waals surface area contributed by atoms with Crippen molar-refractivity contribution in [2.24, 2.45) is 0 Å². The Morgan fingerprint density at radius 1 is 1.11 bits per heavy atom. The van der Waals surface area contributed by atoms with Crippen LogP contribution in [0.5, 0.6) is 5.75 Å². The summed E-state index contributed by atoms with van der Waals surface area (Å²) in [6.45, 7) is -0.00742. The topological polar surface area (TPSA) is 121 Å². The number of aromatic hydroxyl groups is 1. The number of carbonyl (C=O) groups excluding carboxylic acids is 1. The number of alkyl halides is 3. The third-order valence-electron chi connectivity index (χ3n) is 5.06. The van der Waals surface area contributed by atoms with Crippen molar-refractivity contribution in [3.05, 3.63) is 92.6 Å². The van der Waals surface area contributed by atoms with Gasteiger partial charge >= 0.3 is 18.2 Å². The van der Waals surface area contributed by atoms with E-state index in [1.807, 2.05) is 0 Å². The van der Waals surface area contributed by atoms with Crippen LogP contribution in [0.1, 0.15) is 29.2 Å². The van der Waals surface area contributed by atoms with Crippen LogP contribution in [-0.2, 0) is 17.5 Å². The number of urea groups is 1. The Labute approximate surface area is 205 Å². The van der Waals surface area contributed by atoms with Crippen LogP contribution in [0.15, 0.2) is 59.5 Å². The van der Waals surface area contributed by atoms with Crippen LogP contribution in [-0.4, -0.2) is 26.8 Å². The number of halogens is 5. The van der Waals surface area contributed by atoms with Crippen LogP contribution in [0.25, 0.3) is 0 Å². The molecule has 190 valence electrons. The third kappa shape index (κ3) is 6.33. The molecule has 1 atom stereocenters. The lowest BCUT2D eigenvalue weighted by Gasteiger charge is -2.20. The number of aliphatic carboxylic acids is 1. The molecule has 13 heteroatoms. The van der Waals surface area contributed by atoms with E-state index in [-0.39, 0.29) is 12.1 Å². The van der Waals surface area contributed by atoms with Crippen LogP contribution >= 0.6 is 11.6 Å². The number of carbonyl (C=O) groups is 2. The van der Waals surface area contributed by atoms with Gasteiger partial charge in [0.15, 0.2) is 5.69 Å². The first kappa shape index (κ1) is 26.5. The third-order valence-corrected chi connectivity index (χ3v) is 5.43. The normalized spacial score (nSPS) is 12.1. The van der Waals surface area contributed by atoms with Gasteiger partial charge in [-0.3, -0.25) is 9.59 Å². The highest BCUT2D eigenvalue weighted by Crippen LogP contribution is 2.33. The second kappa shape index (κ2) is 10.7. The maximum atomic E-state index is 13.6. The van der Waals surface area contributed by atoms with E-state index in [1.54, 1.807) is 24.3 Å². The molecule has 36 heavy (non-hydrogen) atoms. The summed E-state index contributed by atoms with van der Waals surface area (Å²) in [5, 5.41) is 23.9. The lowest BCUT2D eigenvalue weighted by Crippen LogP contribution is -2.36. The standard InChI is InChI=1S/C23H18ClF4N3O5/c24-15-4-2-1-3-13(15)11-31-8-7-18(32)20(21(31)35)30-22(36)29-17(10-19(33)34)12-5-6-16(25)14(9-12)23(26,27)28/h1-9,17,32H,10-11H2,(H,33,34)(H2,29,30,36)/t17-/m0/s1. The minimum Gasteiger partial charge on any atom is -0.505 e. The molecule has 0 saturated carbocycles. The van der Waals surface area contributed by atoms with Crippen molar-refractivity contribution in [3.63, 3.8) is 0 Å². The molecule has 3 rings (SSSR count). The molecular formula is C23H18ClF4N3O5. The van der Waals surface area contributed by atoms with E-state index in [0.29, 0.717) is 22.7 Å². The highest BCUT2D eigenvalue weighted by atomic mass is 35.5. The average molecular weight is 528 g/mol. The average Bonchev–Trinajstić information content (AvgIpc) is 2.78. The number of carboxylic acids is 1. The maximum absolute atomic E-state index is 13.6. The molecule has 3 aromatic rings. The minimum atomic E-state index is -5.06. The van der Waals surface area contributed by atoms with E-state index < -0.39 is 59.0 Å². The largest absolute Gasteiger partial charge is 0.505 e. The maximum Gasteiger partial charge on any atom is 0.419 e. The first-order valence-electron chi connectivity index (χ1n) is 10.2. The number of hydrogen-bond acceptors (Lipinski definition) is 4. The van der Waals surface area contributed by atoms with Gasteiger partial charge in [-0.25, -0.2) is 9.18 Å². The lowest BCUT2D eigenvalue weighted by atomic mass is 10.0. The highest BCUT2D eigenvalue weighted by Gasteiger charge is 2.35. The van der Waals surface area contributed by atoms with E-state index in [1.165, 1.54) is 6.20 Å². The number of carboxylic acid groups (broad SMARTS) is 1. The summed E-state index contributed by atoms with van der Waals surface area (Å²) >= 11 is 6.10. The smallest absolute Gasteiger partial charge is 0.419 e. The van der Waals surface area contributed by atoms with Crippen molar-refractivity contribution in [1.82, 2.24) is 9.88 Å². The molecule has 0 aliphatic heterocycles. The number of pyridine rings is 1. The number of hydrogen-bond donors (Lipinski definition) is 4. The molecule has 2 aromatic carbocycles. The Hall–Kier alpha value is -4.06. The van der Waals surface area contributed by atoms with Crippen molar-refractivity contribution in [2.45, 2.75) is 25.2 Å². The number of nitrogens with one attached hydrogen (secondary N) is 2. The summed E-state index contributed by atoms with van der Waals surface area (Å²) in [6, 6.07) is 6.85. The van der Waals surface area contributed by atoms with E-state index in [4.69, 9.17) is 16.7 Å². The summed E-state index contributed by atoms with van der Waals surface area (Å²) in [7, 11) is 0. The van der Waals surface area contributed by atoms with Gasteiger partial charge in [-0.15, -0.1) is 0 Å². The molecular weight excluding hydrogens is 510 g/mol. The molecule has 0 spiro atoms. The number of anilines is 1. The monoisotopic (exact) mass is 527 g/mol. The van der Waals surface area contributed by atoms with Crippen LogP contribution in [0.2, 0.25) is 5.02 Å². The zero-order valence-electron chi connectivity index (χ0n) is 18.1. The van der Waals surface area contributed by atoms with Gasteiger partial charge in [0.1, 0.15) is 11.6 Å². The molecule has 0 bridgehead atoms. The van der Waals surface area contributed by atoms with E-state index in [0.717, 1.165) is 16.7 Å². The predicted octanol–water partition coefficient (Wildman–Crippen LogP) is 4.75. The number of nitrogens with zero attached hydrogens (tertiary/aromatic N) is 1. The van der Waals surface area contributed by atoms with Gasteiger partial charge in [-0.05, 0) is 35.4 Å². The van der Waals surface area contributed by atoms with Crippen molar-refractivity contribution < 1.29 is 37.4 Å². The Bertz CT molecular complexity index is 1360. The fourth-order valence-electron chi connectivity index (χ4n) is 3.33. The lowest BCUT2D eigenvalue weighted by molar-refractivity contribution is -0.140. The van der Waals surface area contributed by atoms with Gasteiger partial charge in [0, 0.05) is 11.2 Å². The summed E-state index contributed by atoms with van der Waals surface area (Å²) in [5.41, 5.74) is -2.80. The van der Waals surface area contributed by atoms with Gasteiger partial charge in [-0.2, -0.15) is 13.2 Å². The molecule has 0 unspecified atom stereocenters. The molecule has 8 nitrogen and oxygen atoms in total. The molecule has 0 radical (unpaired) electrons. The number of amides is 2. The highest BCUT2D eigenvalue weighted by molar-refractivity contribution is 6.31. The van der Waals surface area contributed by atoms with E-state index >= 15 is 0 Å². The first-order valence-corrected chi connectivity index (χ1v) is 10.6. The van der Waals surface area contributed by atoms with Gasteiger partial charge < -0.3 is 25.4 Å². The Kier molecular flexibility index (Phi) is 7.88. The van der Waals surface area contributed by atoms with Crippen LogP contribution in [0.3, 0.4) is 0 Å². The quantitative estimate of drug-likeness (QED) is 0.330. The van der Waals surface area contributed by atoms with E-state index in [9.17, 15) is 37.1 Å². The molecule has 1 heterocycles. The SMILES string of the molecule is O=C(O)C[C@H](NC(=O)Nc1c(O)ccn(Cc2ccccc2Cl)c1=O)c1ccc(F)c(C(F)(F)F)c1. The van der Waals surface area contributed by atoms with Crippen LogP contribution < -0.4 is 16.2 Å². The van der Waals surface area contributed by atoms with Gasteiger partial charge in [0.2, 0.25) is 0 Å². The fourth-order valence-corrected chi connectivity index (χ4v) is 3.52. The van der Waals surface area contributed by atoms with Crippen molar-refractivity contribution >= 4 is 29.3 Å². The zero-order chi connectivity index (χ0) is 26.6. The van der Waals surface area contributed by atoms with Crippen molar-refractivity contribution in [2.75, 3.05) is 5.32 Å². The Balaban J connectivity index is 1.87. The van der Waals surface area contributed by atoms with E-state index in [2.05, 4.69) is 10.6 Å². The molecule has 0 fully saturated rings. The summed E-state index contributed by atoms with van der Waals surface area (Å²) in [6.07, 6.45) is -4.65. The Morgan fingerprint density at radius 3 is 2.44 bits per heavy atom. The Morgan fingerprint density at radius 2 is 1.81 bits per heavy atom.